The number of hydrogen-bond acceptors (Lipinski definition) is 1. The lowest BCUT2D eigenvalue weighted by atomic mass is 10.0. The molecule has 0 radical (unpaired) electrons. The Morgan fingerprint density at radius 3 is 2.27 bits per heavy atom. The van der Waals surface area contributed by atoms with Crippen molar-refractivity contribution in [3.63, 3.8) is 0 Å². The topological polar surface area (TPSA) is 9.23 Å². The largest absolute Gasteiger partial charge is 0.491 e. The average Bonchev–Trinajstić information content (AvgIpc) is 2.08. The molecule has 0 saturated heterocycles. The van der Waals surface area contributed by atoms with Gasteiger partial charge in [-0.1, -0.05) is 26.0 Å². The van der Waals surface area contributed by atoms with Crippen molar-refractivity contribution >= 4 is 0 Å². The van der Waals surface area contributed by atoms with Gasteiger partial charge in [-0.05, 0) is 50.3 Å². The van der Waals surface area contributed by atoms with Gasteiger partial charge in [0.1, 0.15) is 5.75 Å². The Morgan fingerprint density at radius 1 is 1.13 bits per heavy atom. The van der Waals surface area contributed by atoms with Gasteiger partial charge in [0.15, 0.2) is 0 Å². The van der Waals surface area contributed by atoms with E-state index in [1.54, 1.807) is 0 Å². The quantitative estimate of drug-likeness (QED) is 0.724. The van der Waals surface area contributed by atoms with Gasteiger partial charge in [0, 0.05) is 0 Å². The van der Waals surface area contributed by atoms with Crippen LogP contribution in [0.15, 0.2) is 18.2 Å². The van der Waals surface area contributed by atoms with Crippen LogP contribution in [0.3, 0.4) is 0 Å². The van der Waals surface area contributed by atoms with Gasteiger partial charge in [0.25, 0.3) is 0 Å². The molecule has 0 unspecified atom stereocenters. The summed E-state index contributed by atoms with van der Waals surface area (Å²) in [5.41, 5.74) is 2.64. The second kappa shape index (κ2) is 5.20. The second-order valence-electron chi connectivity index (χ2n) is 4.86. The van der Waals surface area contributed by atoms with Gasteiger partial charge in [-0.15, -0.1) is 0 Å². The third kappa shape index (κ3) is 3.94. The first-order valence-corrected chi connectivity index (χ1v) is 5.75. The molecule has 0 amide bonds. The molecule has 0 aliphatic heterocycles. The summed E-state index contributed by atoms with van der Waals surface area (Å²) in [6.07, 6.45) is 1.39. The highest BCUT2D eigenvalue weighted by Gasteiger charge is 2.04. The zero-order valence-electron chi connectivity index (χ0n) is 10.5. The lowest BCUT2D eigenvalue weighted by Gasteiger charge is -2.14. The van der Waals surface area contributed by atoms with E-state index in [-0.39, 0.29) is 6.10 Å². The normalized spacial score (nSPS) is 11.1. The van der Waals surface area contributed by atoms with Gasteiger partial charge < -0.3 is 4.74 Å². The van der Waals surface area contributed by atoms with Crippen LogP contribution in [0.25, 0.3) is 0 Å². The van der Waals surface area contributed by atoms with Crippen molar-refractivity contribution in [3.05, 3.63) is 29.3 Å². The molecular formula is C14H22O. The minimum absolute atomic E-state index is 0.250. The van der Waals surface area contributed by atoms with E-state index < -0.39 is 0 Å². The molecule has 0 aliphatic rings. The van der Waals surface area contributed by atoms with Crippen LogP contribution < -0.4 is 4.74 Å². The first-order valence-electron chi connectivity index (χ1n) is 5.75. The molecule has 0 N–H and O–H groups in total. The Kier molecular flexibility index (Phi) is 4.19. The number of ether oxygens (including phenoxy) is 1. The molecule has 15 heavy (non-hydrogen) atoms. The summed E-state index contributed by atoms with van der Waals surface area (Å²) < 4.78 is 5.70. The monoisotopic (exact) mass is 206 g/mol. The predicted molar refractivity (Wildman–Crippen MR) is 65.5 cm³/mol. The summed E-state index contributed by atoms with van der Waals surface area (Å²) in [5, 5.41) is 0. The van der Waals surface area contributed by atoms with E-state index in [1.165, 1.54) is 11.1 Å². The number of rotatable bonds is 4. The third-order valence-corrected chi connectivity index (χ3v) is 2.25. The van der Waals surface area contributed by atoms with Gasteiger partial charge in [0.05, 0.1) is 6.10 Å². The Labute approximate surface area is 93.5 Å². The highest BCUT2D eigenvalue weighted by Crippen LogP contribution is 2.21. The van der Waals surface area contributed by atoms with E-state index in [1.807, 2.05) is 0 Å². The zero-order valence-corrected chi connectivity index (χ0v) is 10.5. The van der Waals surface area contributed by atoms with E-state index in [0.29, 0.717) is 5.92 Å². The summed E-state index contributed by atoms with van der Waals surface area (Å²) in [7, 11) is 0. The average molecular weight is 206 g/mol. The first kappa shape index (κ1) is 12.1. The summed E-state index contributed by atoms with van der Waals surface area (Å²) in [4.78, 5) is 0. The van der Waals surface area contributed by atoms with Gasteiger partial charge >= 0.3 is 0 Å². The summed E-state index contributed by atoms with van der Waals surface area (Å²) in [6.45, 7) is 10.7. The lowest BCUT2D eigenvalue weighted by Crippen LogP contribution is -2.07. The molecule has 0 aromatic heterocycles. The molecule has 1 aromatic rings. The molecule has 0 fully saturated rings. The van der Waals surface area contributed by atoms with Crippen molar-refractivity contribution in [1.29, 1.82) is 0 Å². The van der Waals surface area contributed by atoms with Crippen LogP contribution in [0.2, 0.25) is 0 Å². The maximum Gasteiger partial charge on any atom is 0.122 e. The fourth-order valence-electron chi connectivity index (χ4n) is 1.70. The summed E-state index contributed by atoms with van der Waals surface area (Å²) in [6, 6.07) is 6.50. The first-order chi connectivity index (χ1) is 6.99. The minimum Gasteiger partial charge on any atom is -0.491 e. The van der Waals surface area contributed by atoms with Crippen molar-refractivity contribution < 1.29 is 4.74 Å². The van der Waals surface area contributed by atoms with Crippen LogP contribution in [-0.2, 0) is 6.42 Å². The minimum atomic E-state index is 0.250. The maximum absolute atomic E-state index is 5.70. The molecule has 0 aliphatic carbocycles. The Morgan fingerprint density at radius 2 is 1.80 bits per heavy atom. The molecule has 1 aromatic carbocycles. The van der Waals surface area contributed by atoms with Crippen LogP contribution in [0.5, 0.6) is 5.75 Å². The Balaban J connectivity index is 2.78. The number of hydrogen-bond donors (Lipinski definition) is 0. The zero-order chi connectivity index (χ0) is 11.4. The van der Waals surface area contributed by atoms with E-state index in [9.17, 15) is 0 Å². The van der Waals surface area contributed by atoms with Gasteiger partial charge in [-0.2, -0.15) is 0 Å². The Hall–Kier alpha value is -0.980. The van der Waals surface area contributed by atoms with Crippen LogP contribution in [0.1, 0.15) is 38.8 Å². The molecule has 1 heteroatoms. The van der Waals surface area contributed by atoms with Crippen molar-refractivity contribution in [2.45, 2.75) is 47.1 Å². The maximum atomic E-state index is 5.70. The fraction of sp³-hybridized carbons (Fsp3) is 0.571. The fourth-order valence-corrected chi connectivity index (χ4v) is 1.70. The smallest absolute Gasteiger partial charge is 0.122 e. The van der Waals surface area contributed by atoms with E-state index in [0.717, 1.165) is 12.2 Å². The SMILES string of the molecule is Cc1cc(CC(C)C)ccc1OC(C)C. The van der Waals surface area contributed by atoms with Crippen LogP contribution in [0.4, 0.5) is 0 Å². The van der Waals surface area contributed by atoms with Crippen LogP contribution in [0, 0.1) is 12.8 Å². The number of benzene rings is 1. The van der Waals surface area contributed by atoms with Crippen molar-refractivity contribution in [2.75, 3.05) is 0 Å². The van der Waals surface area contributed by atoms with Crippen molar-refractivity contribution in [3.8, 4) is 5.75 Å². The van der Waals surface area contributed by atoms with E-state index in [2.05, 4.69) is 52.8 Å². The molecule has 0 bridgehead atoms. The van der Waals surface area contributed by atoms with Gasteiger partial charge in [-0.3, -0.25) is 0 Å². The molecule has 1 nitrogen and oxygen atoms in total. The molecule has 0 spiro atoms. The van der Waals surface area contributed by atoms with Crippen LogP contribution >= 0.6 is 0 Å². The molecular weight excluding hydrogens is 184 g/mol. The Bertz CT molecular complexity index is 313. The standard InChI is InChI=1S/C14H22O/c1-10(2)8-13-6-7-14(12(5)9-13)15-11(3)4/h6-7,9-11H,8H2,1-5H3. The van der Waals surface area contributed by atoms with Gasteiger partial charge in [-0.25, -0.2) is 0 Å². The molecule has 0 heterocycles. The number of aryl methyl sites for hydroxylation is 1. The van der Waals surface area contributed by atoms with E-state index >= 15 is 0 Å². The highest BCUT2D eigenvalue weighted by molar-refractivity contribution is 5.36. The highest BCUT2D eigenvalue weighted by atomic mass is 16.5. The van der Waals surface area contributed by atoms with Crippen LogP contribution in [-0.4, -0.2) is 6.10 Å². The summed E-state index contributed by atoms with van der Waals surface area (Å²) >= 11 is 0. The molecule has 0 saturated carbocycles. The molecule has 0 atom stereocenters. The molecule has 84 valence electrons. The predicted octanol–water partition coefficient (Wildman–Crippen LogP) is 3.98. The summed E-state index contributed by atoms with van der Waals surface area (Å²) in [5.74, 6) is 1.72. The molecule has 1 rings (SSSR count). The lowest BCUT2D eigenvalue weighted by molar-refractivity contribution is 0.240. The van der Waals surface area contributed by atoms with Crippen molar-refractivity contribution in [1.82, 2.24) is 0 Å². The third-order valence-electron chi connectivity index (χ3n) is 2.25. The van der Waals surface area contributed by atoms with E-state index in [4.69, 9.17) is 4.74 Å². The second-order valence-corrected chi connectivity index (χ2v) is 4.86. The van der Waals surface area contributed by atoms with Crippen molar-refractivity contribution in [2.24, 2.45) is 5.92 Å². The van der Waals surface area contributed by atoms with Gasteiger partial charge in [0.2, 0.25) is 0 Å².